The number of aromatic amines is 1. The fraction of sp³-hybridized carbons (Fsp3) is 0.350. The molecule has 2 N–H and O–H groups in total. The molecule has 1 aliphatic rings. The highest BCUT2D eigenvalue weighted by molar-refractivity contribution is 5.93. The Morgan fingerprint density at radius 1 is 1.21 bits per heavy atom. The molecule has 5 rings (SSSR count). The summed E-state index contributed by atoms with van der Waals surface area (Å²) < 4.78 is 42.8. The van der Waals surface area contributed by atoms with Crippen molar-refractivity contribution in [2.24, 2.45) is 0 Å². The molecule has 0 saturated heterocycles. The number of nitrogens with one attached hydrogen (secondary N) is 2. The Balaban J connectivity index is 1.45. The van der Waals surface area contributed by atoms with Crippen molar-refractivity contribution in [2.75, 3.05) is 5.32 Å². The van der Waals surface area contributed by atoms with E-state index in [0.29, 0.717) is 30.0 Å². The maximum absolute atomic E-state index is 14.4. The van der Waals surface area contributed by atoms with E-state index in [-0.39, 0.29) is 24.5 Å². The number of rotatable bonds is 3. The minimum absolute atomic E-state index is 0.0674. The third kappa shape index (κ3) is 3.20. The predicted octanol–water partition coefficient (Wildman–Crippen LogP) is 4.71. The van der Waals surface area contributed by atoms with E-state index in [4.69, 9.17) is 0 Å². The lowest BCUT2D eigenvalue weighted by atomic mass is 9.92. The fourth-order valence-electron chi connectivity index (χ4n) is 3.89. The number of halogens is 3. The summed E-state index contributed by atoms with van der Waals surface area (Å²) in [6, 6.07) is 1.38. The number of fused-ring (bicyclic) bond motifs is 2. The summed E-state index contributed by atoms with van der Waals surface area (Å²) in [5, 5.41) is 3.90. The summed E-state index contributed by atoms with van der Waals surface area (Å²) in [5.41, 5.74) is 3.17. The number of aromatic nitrogens is 5. The highest BCUT2D eigenvalue weighted by Gasteiger charge is 2.35. The van der Waals surface area contributed by atoms with Crippen LogP contribution in [0.4, 0.5) is 19.1 Å². The maximum Gasteiger partial charge on any atom is 0.248 e. The molecule has 4 heterocycles. The molecule has 1 saturated carbocycles. The smallest absolute Gasteiger partial charge is 0.248 e. The first-order chi connectivity index (χ1) is 13.9. The molecule has 0 bridgehead atoms. The van der Waals surface area contributed by atoms with Crippen LogP contribution in [0.1, 0.15) is 31.4 Å². The van der Waals surface area contributed by atoms with E-state index in [1.54, 1.807) is 23.0 Å². The molecular formula is C20H19F3N6. The largest absolute Gasteiger partial charge is 0.351 e. The molecule has 0 amide bonds. The molecule has 4 aromatic rings. The Morgan fingerprint density at radius 3 is 2.79 bits per heavy atom. The number of pyridine rings is 1. The van der Waals surface area contributed by atoms with E-state index in [1.807, 2.05) is 13.1 Å². The number of H-pyrrole nitrogens is 1. The van der Waals surface area contributed by atoms with Crippen molar-refractivity contribution in [2.45, 2.75) is 44.6 Å². The second-order valence-corrected chi connectivity index (χ2v) is 7.60. The van der Waals surface area contributed by atoms with Crippen LogP contribution in [0.5, 0.6) is 0 Å². The Kier molecular flexibility index (Phi) is 4.01. The summed E-state index contributed by atoms with van der Waals surface area (Å²) in [7, 11) is 0. The molecule has 9 heteroatoms. The standard InChI is InChI=1S/C20H19F3N6/c1-11-7-25-18-16(21)6-12(10-29(11)18)14-8-24-17-15(14)9-26-19(28-17)27-13-2-4-20(22,23)5-3-13/h6-10,13H,2-5H2,1H3,(H2,24,26,27,28). The number of hydrogen-bond donors (Lipinski definition) is 2. The van der Waals surface area contributed by atoms with Crippen molar-refractivity contribution in [1.82, 2.24) is 24.3 Å². The van der Waals surface area contributed by atoms with Crippen molar-refractivity contribution >= 4 is 22.6 Å². The first-order valence-electron chi connectivity index (χ1n) is 9.52. The Bertz CT molecular complexity index is 1200. The van der Waals surface area contributed by atoms with Crippen molar-refractivity contribution in [1.29, 1.82) is 0 Å². The van der Waals surface area contributed by atoms with Gasteiger partial charge in [-0.15, -0.1) is 0 Å². The first-order valence-corrected chi connectivity index (χ1v) is 9.52. The van der Waals surface area contributed by atoms with Crippen LogP contribution in [-0.2, 0) is 0 Å². The molecule has 0 aliphatic heterocycles. The van der Waals surface area contributed by atoms with Crippen LogP contribution in [-0.4, -0.2) is 36.3 Å². The van der Waals surface area contributed by atoms with E-state index < -0.39 is 11.7 Å². The third-order valence-corrected chi connectivity index (χ3v) is 5.54. The number of alkyl halides is 2. The number of imidazole rings is 1. The monoisotopic (exact) mass is 400 g/mol. The van der Waals surface area contributed by atoms with E-state index in [9.17, 15) is 13.2 Å². The van der Waals surface area contributed by atoms with Crippen LogP contribution in [0, 0.1) is 12.7 Å². The van der Waals surface area contributed by atoms with Gasteiger partial charge in [0.1, 0.15) is 5.65 Å². The van der Waals surface area contributed by atoms with Gasteiger partial charge in [0.2, 0.25) is 11.9 Å². The summed E-state index contributed by atoms with van der Waals surface area (Å²) in [6.45, 7) is 1.86. The van der Waals surface area contributed by atoms with Gasteiger partial charge in [0.25, 0.3) is 0 Å². The topological polar surface area (TPSA) is 70.9 Å². The van der Waals surface area contributed by atoms with Crippen LogP contribution < -0.4 is 5.32 Å². The van der Waals surface area contributed by atoms with Gasteiger partial charge in [-0.2, -0.15) is 4.98 Å². The van der Waals surface area contributed by atoms with E-state index >= 15 is 0 Å². The van der Waals surface area contributed by atoms with Crippen LogP contribution in [0.25, 0.3) is 27.8 Å². The summed E-state index contributed by atoms with van der Waals surface area (Å²) in [4.78, 5) is 16.0. The average Bonchev–Trinajstić information content (AvgIpc) is 3.27. The molecule has 0 aromatic carbocycles. The van der Waals surface area contributed by atoms with Gasteiger partial charge in [0.05, 0.1) is 0 Å². The van der Waals surface area contributed by atoms with Crippen molar-refractivity contribution in [3.05, 3.63) is 42.4 Å². The van der Waals surface area contributed by atoms with Gasteiger partial charge in [-0.05, 0) is 25.8 Å². The van der Waals surface area contributed by atoms with Gasteiger partial charge in [0, 0.05) is 65.9 Å². The van der Waals surface area contributed by atoms with Crippen LogP contribution >= 0.6 is 0 Å². The zero-order valence-electron chi connectivity index (χ0n) is 15.7. The first kappa shape index (κ1) is 18.0. The molecule has 0 spiro atoms. The van der Waals surface area contributed by atoms with Crippen molar-refractivity contribution < 1.29 is 13.2 Å². The molecular weight excluding hydrogens is 381 g/mol. The molecule has 150 valence electrons. The summed E-state index contributed by atoms with van der Waals surface area (Å²) in [6.07, 6.45) is 7.40. The zero-order valence-corrected chi connectivity index (χ0v) is 15.7. The minimum atomic E-state index is -2.57. The maximum atomic E-state index is 14.4. The predicted molar refractivity (Wildman–Crippen MR) is 104 cm³/mol. The lowest BCUT2D eigenvalue weighted by Crippen LogP contribution is -2.32. The second-order valence-electron chi connectivity index (χ2n) is 7.60. The molecule has 1 aliphatic carbocycles. The number of nitrogens with zero attached hydrogens (tertiary/aromatic N) is 4. The quantitative estimate of drug-likeness (QED) is 0.523. The fourth-order valence-corrected chi connectivity index (χ4v) is 3.89. The SMILES string of the molecule is Cc1cnc2c(F)cc(-c3c[nH]c4nc(NC5CCC(F)(F)CC5)ncc34)cn12. The van der Waals surface area contributed by atoms with Gasteiger partial charge in [-0.1, -0.05) is 0 Å². The van der Waals surface area contributed by atoms with Crippen molar-refractivity contribution in [3.63, 3.8) is 0 Å². The van der Waals surface area contributed by atoms with Crippen LogP contribution in [0.3, 0.4) is 0 Å². The molecule has 0 radical (unpaired) electrons. The normalized spacial score (nSPS) is 17.2. The Morgan fingerprint density at radius 2 is 2.00 bits per heavy atom. The zero-order chi connectivity index (χ0) is 20.2. The molecule has 1 fully saturated rings. The molecule has 4 aromatic heterocycles. The minimum Gasteiger partial charge on any atom is -0.351 e. The molecule has 0 atom stereocenters. The van der Waals surface area contributed by atoms with Gasteiger partial charge in [-0.25, -0.2) is 23.1 Å². The van der Waals surface area contributed by atoms with Gasteiger partial charge < -0.3 is 14.7 Å². The number of aryl methyl sites for hydroxylation is 1. The lowest BCUT2D eigenvalue weighted by molar-refractivity contribution is -0.0361. The van der Waals surface area contributed by atoms with Crippen molar-refractivity contribution in [3.8, 4) is 11.1 Å². The average molecular weight is 400 g/mol. The lowest BCUT2D eigenvalue weighted by Gasteiger charge is -2.28. The number of hydrogen-bond acceptors (Lipinski definition) is 4. The van der Waals surface area contributed by atoms with Gasteiger partial charge >= 0.3 is 0 Å². The van der Waals surface area contributed by atoms with E-state index in [1.165, 1.54) is 6.07 Å². The Labute approximate surface area is 164 Å². The second kappa shape index (κ2) is 6.47. The highest BCUT2D eigenvalue weighted by atomic mass is 19.3. The number of anilines is 1. The van der Waals surface area contributed by atoms with Gasteiger partial charge in [0.15, 0.2) is 11.5 Å². The van der Waals surface area contributed by atoms with Crippen LogP contribution in [0.15, 0.2) is 30.9 Å². The third-order valence-electron chi connectivity index (χ3n) is 5.54. The summed E-state index contributed by atoms with van der Waals surface area (Å²) in [5.74, 6) is -2.58. The summed E-state index contributed by atoms with van der Waals surface area (Å²) >= 11 is 0. The van der Waals surface area contributed by atoms with Crippen LogP contribution in [0.2, 0.25) is 0 Å². The molecule has 29 heavy (non-hydrogen) atoms. The van der Waals surface area contributed by atoms with E-state index in [0.717, 1.165) is 16.6 Å². The Hall–Kier alpha value is -3.10. The molecule has 6 nitrogen and oxygen atoms in total. The van der Waals surface area contributed by atoms with Gasteiger partial charge in [-0.3, -0.25) is 0 Å². The molecule has 0 unspecified atom stereocenters. The van der Waals surface area contributed by atoms with E-state index in [2.05, 4.69) is 25.3 Å². The highest BCUT2D eigenvalue weighted by Crippen LogP contribution is 2.34.